The lowest BCUT2D eigenvalue weighted by Gasteiger charge is -2.15. The molecule has 0 aromatic heterocycles. The fraction of sp³-hybridized carbons (Fsp3) is 0.393. The van der Waals surface area contributed by atoms with Crippen molar-refractivity contribution in [2.24, 2.45) is 16.6 Å². The highest BCUT2D eigenvalue weighted by molar-refractivity contribution is 5.95. The number of aliphatic imine (C=N–C) groups is 1. The van der Waals surface area contributed by atoms with Gasteiger partial charge < -0.3 is 10.6 Å². The third-order valence-electron chi connectivity index (χ3n) is 6.19. The normalized spacial score (nSPS) is 16.8. The van der Waals surface area contributed by atoms with E-state index in [0.29, 0.717) is 5.92 Å². The first-order valence-corrected chi connectivity index (χ1v) is 12.1. The van der Waals surface area contributed by atoms with Gasteiger partial charge in [-0.1, -0.05) is 63.1 Å². The van der Waals surface area contributed by atoms with Gasteiger partial charge in [-0.2, -0.15) is 0 Å². The molecule has 5 nitrogen and oxygen atoms in total. The molecule has 4 rings (SSSR count). The van der Waals surface area contributed by atoms with E-state index in [1.807, 2.05) is 17.0 Å². The first-order chi connectivity index (χ1) is 16.1. The van der Waals surface area contributed by atoms with E-state index in [9.17, 15) is 4.79 Å². The van der Waals surface area contributed by atoms with Gasteiger partial charge in [0.05, 0.1) is 5.69 Å². The SMILES string of the molecule is CCCC1=Nc2cc(-c3ccc(C(=O)N4CCCC4)cc3)ccc2C=CC1CCC.NC=O. The Labute approximate surface area is 197 Å². The molecule has 174 valence electrons. The van der Waals surface area contributed by atoms with Crippen LogP contribution in [0.2, 0.25) is 0 Å². The van der Waals surface area contributed by atoms with E-state index in [4.69, 9.17) is 9.79 Å². The summed E-state index contributed by atoms with van der Waals surface area (Å²) >= 11 is 0. The second kappa shape index (κ2) is 12.1. The minimum Gasteiger partial charge on any atom is -0.372 e. The number of carbonyl (C=O) groups is 2. The van der Waals surface area contributed by atoms with Crippen LogP contribution in [0.5, 0.6) is 0 Å². The lowest BCUT2D eigenvalue weighted by Crippen LogP contribution is -2.27. The van der Waals surface area contributed by atoms with Crippen LogP contribution in [-0.2, 0) is 4.79 Å². The van der Waals surface area contributed by atoms with Crippen LogP contribution in [0.25, 0.3) is 17.2 Å². The minimum absolute atomic E-state index is 0.155. The molecule has 1 saturated heterocycles. The zero-order chi connectivity index (χ0) is 23.6. The predicted octanol–water partition coefficient (Wildman–Crippen LogP) is 6.01. The van der Waals surface area contributed by atoms with Crippen LogP contribution in [0, 0.1) is 5.92 Å². The summed E-state index contributed by atoms with van der Waals surface area (Å²) in [4.78, 5) is 28.3. The van der Waals surface area contributed by atoms with E-state index < -0.39 is 0 Å². The van der Waals surface area contributed by atoms with Crippen LogP contribution in [0.1, 0.15) is 68.3 Å². The Balaban J connectivity index is 0.000000968. The van der Waals surface area contributed by atoms with Crippen molar-refractivity contribution >= 4 is 29.8 Å². The van der Waals surface area contributed by atoms with Crippen LogP contribution < -0.4 is 5.73 Å². The van der Waals surface area contributed by atoms with Crippen molar-refractivity contribution in [3.63, 3.8) is 0 Å². The van der Waals surface area contributed by atoms with Crippen molar-refractivity contribution in [1.82, 2.24) is 4.90 Å². The summed E-state index contributed by atoms with van der Waals surface area (Å²) in [6.45, 7) is 6.24. The molecule has 33 heavy (non-hydrogen) atoms. The molecule has 2 N–H and O–H groups in total. The predicted molar refractivity (Wildman–Crippen MR) is 137 cm³/mol. The summed E-state index contributed by atoms with van der Waals surface area (Å²) in [6, 6.07) is 14.6. The molecular formula is C28H35N3O2. The molecule has 2 aliphatic heterocycles. The van der Waals surface area contributed by atoms with Gasteiger partial charge in [0.1, 0.15) is 0 Å². The number of primary amides is 1. The Morgan fingerprint density at radius 2 is 1.73 bits per heavy atom. The molecule has 2 aromatic rings. The Kier molecular flexibility index (Phi) is 8.99. The summed E-state index contributed by atoms with van der Waals surface area (Å²) in [5.74, 6) is 0.601. The summed E-state index contributed by atoms with van der Waals surface area (Å²) in [6.07, 6.45) is 11.6. The number of rotatable bonds is 6. The van der Waals surface area contributed by atoms with Crippen LogP contribution in [0.15, 0.2) is 53.5 Å². The molecule has 2 aliphatic rings. The fourth-order valence-corrected chi connectivity index (χ4v) is 4.51. The Bertz CT molecular complexity index is 1000. The van der Waals surface area contributed by atoms with Crippen LogP contribution >= 0.6 is 0 Å². The fourth-order valence-electron chi connectivity index (χ4n) is 4.51. The van der Waals surface area contributed by atoms with Crippen molar-refractivity contribution in [3.05, 3.63) is 59.7 Å². The summed E-state index contributed by atoms with van der Waals surface area (Å²) < 4.78 is 0. The first kappa shape index (κ1) is 24.4. The van der Waals surface area contributed by atoms with Gasteiger partial charge in [-0.3, -0.25) is 14.6 Å². The van der Waals surface area contributed by atoms with Crippen molar-refractivity contribution < 1.29 is 9.59 Å². The highest BCUT2D eigenvalue weighted by Crippen LogP contribution is 2.33. The molecule has 0 bridgehead atoms. The van der Waals surface area contributed by atoms with E-state index in [1.165, 1.54) is 17.7 Å². The van der Waals surface area contributed by atoms with E-state index in [1.54, 1.807) is 0 Å². The molecule has 1 unspecified atom stereocenters. The molecule has 0 aliphatic carbocycles. The monoisotopic (exact) mass is 445 g/mol. The van der Waals surface area contributed by atoms with Gasteiger partial charge in [-0.25, -0.2) is 0 Å². The van der Waals surface area contributed by atoms with Crippen LogP contribution in [0.4, 0.5) is 5.69 Å². The smallest absolute Gasteiger partial charge is 0.253 e. The van der Waals surface area contributed by atoms with Gasteiger partial charge in [-0.15, -0.1) is 0 Å². The maximum absolute atomic E-state index is 12.6. The van der Waals surface area contributed by atoms with Crippen LogP contribution in [0.3, 0.4) is 0 Å². The number of nitrogens with zero attached hydrogens (tertiary/aromatic N) is 2. The zero-order valence-corrected chi connectivity index (χ0v) is 19.8. The van der Waals surface area contributed by atoms with Gasteiger partial charge in [-0.05, 0) is 60.6 Å². The maximum Gasteiger partial charge on any atom is 0.253 e. The van der Waals surface area contributed by atoms with Gasteiger partial charge >= 0.3 is 0 Å². The van der Waals surface area contributed by atoms with Crippen molar-refractivity contribution in [3.8, 4) is 11.1 Å². The first-order valence-electron chi connectivity index (χ1n) is 12.1. The number of allylic oxidation sites excluding steroid dienone is 1. The van der Waals surface area contributed by atoms with E-state index in [2.05, 4.69) is 62.1 Å². The summed E-state index contributed by atoms with van der Waals surface area (Å²) in [5.41, 5.74) is 10.8. The van der Waals surface area contributed by atoms with Crippen LogP contribution in [-0.4, -0.2) is 36.0 Å². The number of likely N-dealkylation sites (tertiary alicyclic amines) is 1. The number of benzene rings is 2. The topological polar surface area (TPSA) is 75.8 Å². The molecule has 0 radical (unpaired) electrons. The Morgan fingerprint density at radius 1 is 1.06 bits per heavy atom. The van der Waals surface area contributed by atoms with Gasteiger partial charge in [0.25, 0.3) is 5.91 Å². The molecule has 1 atom stereocenters. The molecule has 2 amide bonds. The van der Waals surface area contributed by atoms with E-state index >= 15 is 0 Å². The maximum atomic E-state index is 12.6. The lowest BCUT2D eigenvalue weighted by molar-refractivity contribution is -0.106. The second-order valence-electron chi connectivity index (χ2n) is 8.59. The Morgan fingerprint density at radius 3 is 2.36 bits per heavy atom. The summed E-state index contributed by atoms with van der Waals surface area (Å²) in [7, 11) is 0. The van der Waals surface area contributed by atoms with Crippen molar-refractivity contribution in [2.75, 3.05) is 13.1 Å². The third kappa shape index (κ3) is 6.19. The average Bonchev–Trinajstić information content (AvgIpc) is 3.31. The van der Waals surface area contributed by atoms with E-state index in [-0.39, 0.29) is 12.3 Å². The van der Waals surface area contributed by atoms with Gasteiger partial charge in [0, 0.05) is 30.3 Å². The third-order valence-corrected chi connectivity index (χ3v) is 6.19. The molecule has 0 spiro atoms. The Hall–Kier alpha value is -3.21. The molecule has 1 fully saturated rings. The molecule has 0 saturated carbocycles. The largest absolute Gasteiger partial charge is 0.372 e. The number of hydrogen-bond acceptors (Lipinski definition) is 3. The highest BCUT2D eigenvalue weighted by Gasteiger charge is 2.19. The zero-order valence-electron chi connectivity index (χ0n) is 19.8. The highest BCUT2D eigenvalue weighted by atomic mass is 16.2. The number of hydrogen-bond donors (Lipinski definition) is 1. The van der Waals surface area contributed by atoms with Gasteiger partial charge in [0.15, 0.2) is 0 Å². The molecule has 2 aromatic carbocycles. The van der Waals surface area contributed by atoms with Crippen molar-refractivity contribution in [2.45, 2.75) is 52.4 Å². The number of nitrogens with two attached hydrogens (primary N) is 1. The number of amides is 2. The molecular weight excluding hydrogens is 410 g/mol. The van der Waals surface area contributed by atoms with Crippen molar-refractivity contribution in [1.29, 1.82) is 0 Å². The lowest BCUT2D eigenvalue weighted by atomic mass is 9.94. The van der Waals surface area contributed by atoms with Gasteiger partial charge in [0.2, 0.25) is 6.41 Å². The molecule has 2 heterocycles. The van der Waals surface area contributed by atoms with E-state index in [0.717, 1.165) is 67.6 Å². The summed E-state index contributed by atoms with van der Waals surface area (Å²) in [5, 5.41) is 0. The molecule has 5 heteroatoms. The number of fused-ring (bicyclic) bond motifs is 1. The minimum atomic E-state index is 0.155. The standard InChI is InChI=1S/C27H32N2O.CH3NO/c1-3-7-21-11-12-22-13-16-24(19-26(22)28-25(21)8-4-2)20-9-14-23(15-10-20)27(30)29-17-5-6-18-29;2-1-3/h9-16,19,21H,3-8,17-18H2,1-2H3;1H,(H2,2,3). The average molecular weight is 446 g/mol. The quantitative estimate of drug-likeness (QED) is 0.553. The number of carbonyl (C=O) groups excluding carboxylic acids is 2. The second-order valence-corrected chi connectivity index (χ2v) is 8.59.